The van der Waals surface area contributed by atoms with Crippen molar-refractivity contribution in [1.82, 2.24) is 9.97 Å². The molecule has 5 heteroatoms. The normalized spacial score (nSPS) is 10.2. The molecule has 2 aromatic rings. The van der Waals surface area contributed by atoms with Crippen molar-refractivity contribution in [2.24, 2.45) is 0 Å². The number of benzene rings is 1. The van der Waals surface area contributed by atoms with E-state index in [2.05, 4.69) is 21.2 Å². The van der Waals surface area contributed by atoms with Gasteiger partial charge in [-0.05, 0) is 18.9 Å². The SMILES string of the molecule is C#CCCCCNc1ncnc2cc(F)c(OC)cc12. The van der Waals surface area contributed by atoms with Gasteiger partial charge in [0.15, 0.2) is 11.6 Å². The number of nitrogens with one attached hydrogen (secondary N) is 1. The van der Waals surface area contributed by atoms with E-state index in [9.17, 15) is 4.39 Å². The molecule has 4 nitrogen and oxygen atoms in total. The lowest BCUT2D eigenvalue weighted by atomic mass is 10.2. The molecule has 0 amide bonds. The number of hydrogen-bond acceptors (Lipinski definition) is 4. The first-order chi connectivity index (χ1) is 9.76. The molecule has 0 fully saturated rings. The monoisotopic (exact) mass is 273 g/mol. The van der Waals surface area contributed by atoms with Crippen LogP contribution in [0.15, 0.2) is 18.5 Å². The molecule has 1 aromatic heterocycles. The molecule has 0 aliphatic carbocycles. The summed E-state index contributed by atoms with van der Waals surface area (Å²) in [7, 11) is 1.43. The van der Waals surface area contributed by atoms with Crippen molar-refractivity contribution in [1.29, 1.82) is 0 Å². The van der Waals surface area contributed by atoms with E-state index < -0.39 is 5.82 Å². The van der Waals surface area contributed by atoms with Crippen molar-refractivity contribution >= 4 is 16.7 Å². The number of rotatable bonds is 6. The van der Waals surface area contributed by atoms with Gasteiger partial charge in [0, 0.05) is 24.4 Å². The van der Waals surface area contributed by atoms with Gasteiger partial charge in [-0.3, -0.25) is 0 Å². The van der Waals surface area contributed by atoms with Crippen molar-refractivity contribution in [3.63, 3.8) is 0 Å². The molecular weight excluding hydrogens is 257 g/mol. The number of hydrogen-bond donors (Lipinski definition) is 1. The number of aromatic nitrogens is 2. The lowest BCUT2D eigenvalue weighted by Crippen LogP contribution is -2.04. The van der Waals surface area contributed by atoms with E-state index >= 15 is 0 Å². The van der Waals surface area contributed by atoms with Crippen molar-refractivity contribution < 1.29 is 9.13 Å². The number of fused-ring (bicyclic) bond motifs is 1. The van der Waals surface area contributed by atoms with Crippen LogP contribution in [0, 0.1) is 18.2 Å². The van der Waals surface area contributed by atoms with Gasteiger partial charge in [0.05, 0.1) is 12.6 Å². The second-order valence-electron chi connectivity index (χ2n) is 4.31. The third-order valence-corrected chi connectivity index (χ3v) is 2.95. The summed E-state index contributed by atoms with van der Waals surface area (Å²) in [5.41, 5.74) is 0.546. The number of nitrogens with zero attached hydrogens (tertiary/aromatic N) is 2. The van der Waals surface area contributed by atoms with Crippen LogP contribution in [0.4, 0.5) is 10.2 Å². The Labute approximate surface area is 117 Å². The number of anilines is 1. The minimum Gasteiger partial charge on any atom is -0.494 e. The molecule has 0 saturated carbocycles. The zero-order valence-electron chi connectivity index (χ0n) is 11.3. The molecule has 0 spiro atoms. The molecule has 1 heterocycles. The Bertz CT molecular complexity index is 637. The van der Waals surface area contributed by atoms with Gasteiger partial charge < -0.3 is 10.1 Å². The maximum atomic E-state index is 13.6. The maximum absolute atomic E-state index is 13.6. The van der Waals surface area contributed by atoms with E-state index in [4.69, 9.17) is 11.2 Å². The van der Waals surface area contributed by atoms with Crippen molar-refractivity contribution in [2.45, 2.75) is 19.3 Å². The average molecular weight is 273 g/mol. The van der Waals surface area contributed by atoms with Gasteiger partial charge in [0.25, 0.3) is 0 Å². The first-order valence-electron chi connectivity index (χ1n) is 6.42. The minimum atomic E-state index is -0.432. The highest BCUT2D eigenvalue weighted by Gasteiger charge is 2.09. The van der Waals surface area contributed by atoms with E-state index in [1.54, 1.807) is 6.07 Å². The second-order valence-corrected chi connectivity index (χ2v) is 4.31. The molecule has 0 saturated heterocycles. The van der Waals surface area contributed by atoms with Crippen LogP contribution in [0.1, 0.15) is 19.3 Å². The van der Waals surface area contributed by atoms with Crippen LogP contribution in [-0.2, 0) is 0 Å². The molecule has 0 aliphatic heterocycles. The molecule has 0 atom stereocenters. The number of terminal acetylenes is 1. The first-order valence-corrected chi connectivity index (χ1v) is 6.42. The molecule has 2 rings (SSSR count). The fourth-order valence-corrected chi connectivity index (χ4v) is 1.91. The lowest BCUT2D eigenvalue weighted by molar-refractivity contribution is 0.387. The molecule has 0 bridgehead atoms. The van der Waals surface area contributed by atoms with E-state index in [0.29, 0.717) is 11.3 Å². The zero-order valence-corrected chi connectivity index (χ0v) is 11.3. The standard InChI is InChI=1S/C15H16FN3O/c1-3-4-5-6-7-17-15-11-8-14(20-2)12(16)9-13(11)18-10-19-15/h1,8-10H,4-7H2,2H3,(H,17,18,19). The van der Waals surface area contributed by atoms with Gasteiger partial charge in [0.2, 0.25) is 0 Å². The smallest absolute Gasteiger partial charge is 0.167 e. The molecule has 1 aromatic carbocycles. The van der Waals surface area contributed by atoms with Crippen LogP contribution in [0.2, 0.25) is 0 Å². The molecule has 0 aliphatic rings. The van der Waals surface area contributed by atoms with Crippen molar-refractivity contribution in [3.8, 4) is 18.1 Å². The molecule has 0 radical (unpaired) electrons. The summed E-state index contributed by atoms with van der Waals surface area (Å²) in [6.07, 6.45) is 9.30. The Balaban J connectivity index is 2.18. The number of unbranched alkanes of at least 4 members (excludes halogenated alkanes) is 2. The van der Waals surface area contributed by atoms with Gasteiger partial charge in [-0.25, -0.2) is 14.4 Å². The summed E-state index contributed by atoms with van der Waals surface area (Å²) in [5, 5.41) is 3.96. The lowest BCUT2D eigenvalue weighted by Gasteiger charge is -2.09. The Morgan fingerprint density at radius 1 is 1.35 bits per heavy atom. The molecule has 20 heavy (non-hydrogen) atoms. The highest BCUT2D eigenvalue weighted by atomic mass is 19.1. The van der Waals surface area contributed by atoms with Gasteiger partial charge in [-0.15, -0.1) is 12.3 Å². The first kappa shape index (κ1) is 14.1. The second kappa shape index (κ2) is 6.71. The minimum absolute atomic E-state index is 0.183. The van der Waals surface area contributed by atoms with Crippen molar-refractivity contribution in [3.05, 3.63) is 24.3 Å². The Morgan fingerprint density at radius 3 is 2.95 bits per heavy atom. The topological polar surface area (TPSA) is 47.0 Å². The molecular formula is C15H16FN3O. The predicted molar refractivity (Wildman–Crippen MR) is 77.2 cm³/mol. The summed E-state index contributed by atoms with van der Waals surface area (Å²) in [6, 6.07) is 2.95. The van der Waals surface area contributed by atoms with Crippen LogP contribution >= 0.6 is 0 Å². The number of halogens is 1. The van der Waals surface area contributed by atoms with Gasteiger partial charge in [-0.2, -0.15) is 0 Å². The van der Waals surface area contributed by atoms with Crippen LogP contribution in [0.5, 0.6) is 5.75 Å². The van der Waals surface area contributed by atoms with E-state index in [0.717, 1.165) is 31.2 Å². The summed E-state index contributed by atoms with van der Waals surface area (Å²) in [6.45, 7) is 0.757. The molecule has 1 N–H and O–H groups in total. The third-order valence-electron chi connectivity index (χ3n) is 2.95. The number of ether oxygens (including phenoxy) is 1. The summed E-state index contributed by atoms with van der Waals surface area (Å²) in [4.78, 5) is 8.25. The average Bonchev–Trinajstić information content (AvgIpc) is 2.46. The van der Waals surface area contributed by atoms with Crippen LogP contribution in [-0.4, -0.2) is 23.6 Å². The largest absolute Gasteiger partial charge is 0.494 e. The van der Waals surface area contributed by atoms with Gasteiger partial charge in [-0.1, -0.05) is 0 Å². The van der Waals surface area contributed by atoms with Gasteiger partial charge in [0.1, 0.15) is 12.1 Å². The molecule has 104 valence electrons. The summed E-state index contributed by atoms with van der Waals surface area (Å²) < 4.78 is 18.6. The van der Waals surface area contributed by atoms with E-state index in [1.807, 2.05) is 0 Å². The van der Waals surface area contributed by atoms with Crippen LogP contribution < -0.4 is 10.1 Å². The third kappa shape index (κ3) is 3.15. The fraction of sp³-hybridized carbons (Fsp3) is 0.333. The van der Waals surface area contributed by atoms with Crippen LogP contribution in [0.3, 0.4) is 0 Å². The Kier molecular flexibility index (Phi) is 4.72. The maximum Gasteiger partial charge on any atom is 0.167 e. The van der Waals surface area contributed by atoms with E-state index in [1.165, 1.54) is 19.5 Å². The summed E-state index contributed by atoms with van der Waals surface area (Å²) >= 11 is 0. The van der Waals surface area contributed by atoms with Crippen LogP contribution in [0.25, 0.3) is 10.9 Å². The Hall–Kier alpha value is -2.35. The van der Waals surface area contributed by atoms with Crippen molar-refractivity contribution in [2.75, 3.05) is 19.0 Å². The summed E-state index contributed by atoms with van der Waals surface area (Å²) in [5.74, 6) is 3.03. The van der Waals surface area contributed by atoms with E-state index in [-0.39, 0.29) is 5.75 Å². The quantitative estimate of drug-likeness (QED) is 0.649. The fourth-order valence-electron chi connectivity index (χ4n) is 1.91. The highest BCUT2D eigenvalue weighted by molar-refractivity contribution is 5.90. The molecule has 0 unspecified atom stereocenters. The highest BCUT2D eigenvalue weighted by Crippen LogP contribution is 2.27. The predicted octanol–water partition coefficient (Wildman–Crippen LogP) is 2.99. The number of methoxy groups -OCH3 is 1. The zero-order chi connectivity index (χ0) is 14.4. The van der Waals surface area contributed by atoms with Gasteiger partial charge >= 0.3 is 0 Å². The Morgan fingerprint density at radius 2 is 2.20 bits per heavy atom.